The number of amides is 1. The minimum atomic E-state index is -4.28. The molecule has 0 saturated heterocycles. The van der Waals surface area contributed by atoms with E-state index in [0.29, 0.717) is 31.4 Å². The lowest BCUT2D eigenvalue weighted by molar-refractivity contribution is -0.207. The number of hydrogen-bond acceptors (Lipinski definition) is 12. The van der Waals surface area contributed by atoms with Gasteiger partial charge >= 0.3 is 0 Å². The van der Waals surface area contributed by atoms with Crippen LogP contribution in [0.1, 0.15) is 78.6 Å². The fourth-order valence-corrected chi connectivity index (χ4v) is 12.5. The molecule has 52 heavy (non-hydrogen) atoms. The zero-order chi connectivity index (χ0) is 38.0. The van der Waals surface area contributed by atoms with Crippen molar-refractivity contribution in [1.29, 1.82) is 0 Å². The molecule has 4 saturated carbocycles. The number of aromatic nitrogens is 2. The van der Waals surface area contributed by atoms with Crippen molar-refractivity contribution < 1.29 is 46.1 Å². The van der Waals surface area contributed by atoms with Crippen LogP contribution in [0, 0.1) is 46.3 Å². The Morgan fingerprint density at radius 2 is 1.73 bits per heavy atom. The first-order valence-corrected chi connectivity index (χ1v) is 21.5. The van der Waals surface area contributed by atoms with E-state index in [2.05, 4.69) is 41.7 Å². The third kappa shape index (κ3) is 7.10. The van der Waals surface area contributed by atoms with Gasteiger partial charge in [0.15, 0.2) is 11.0 Å². The SMILES string of the molecule is CC(C[C@@H](CC(=O)NCCS(=O)(=O)O)Nc1ccc(S(=O)(=O)N(C)C)c2nonc12)C1CCC2C3C(C[C@H](O)C12C)C1(C)CC[C@@H](O)CC1C[C@H]3O. The molecule has 15 nitrogen and oxygen atoms in total. The summed E-state index contributed by atoms with van der Waals surface area (Å²) in [4.78, 5) is 13.1. The van der Waals surface area contributed by atoms with Crippen LogP contribution in [0.2, 0.25) is 0 Å². The molecule has 1 heterocycles. The number of carbonyl (C=O) groups is 1. The van der Waals surface area contributed by atoms with Gasteiger partial charge in [0.1, 0.15) is 4.90 Å². The molecule has 0 spiro atoms. The lowest BCUT2D eigenvalue weighted by atomic mass is 9.43. The quantitative estimate of drug-likeness (QED) is 0.171. The number of sulfonamides is 1. The summed E-state index contributed by atoms with van der Waals surface area (Å²) >= 11 is 0. The molecule has 6 rings (SSSR count). The third-order valence-electron chi connectivity index (χ3n) is 13.8. The Labute approximate surface area is 306 Å². The highest BCUT2D eigenvalue weighted by Crippen LogP contribution is 2.68. The Morgan fingerprint density at radius 1 is 1.02 bits per heavy atom. The van der Waals surface area contributed by atoms with Crippen LogP contribution in [0.5, 0.6) is 0 Å². The normalized spacial score (nSPS) is 36.1. The minimum absolute atomic E-state index is 0.0162. The Bertz CT molecular complexity index is 1860. The Kier molecular flexibility index (Phi) is 10.8. The van der Waals surface area contributed by atoms with Crippen LogP contribution in [0.4, 0.5) is 5.69 Å². The molecule has 12 atom stereocenters. The third-order valence-corrected chi connectivity index (χ3v) is 16.4. The lowest BCUT2D eigenvalue weighted by Gasteiger charge is -2.63. The van der Waals surface area contributed by atoms with Crippen molar-refractivity contribution >= 4 is 42.8 Å². The second kappa shape index (κ2) is 14.3. The summed E-state index contributed by atoms with van der Waals surface area (Å²) in [7, 11) is -5.35. The highest BCUT2D eigenvalue weighted by Gasteiger charge is 2.65. The van der Waals surface area contributed by atoms with Gasteiger partial charge in [0.05, 0.1) is 29.8 Å². The molecule has 1 aromatic heterocycles. The molecule has 292 valence electrons. The van der Waals surface area contributed by atoms with Crippen LogP contribution in [0.25, 0.3) is 11.0 Å². The number of aliphatic hydroxyl groups is 3. The highest BCUT2D eigenvalue weighted by molar-refractivity contribution is 7.89. The van der Waals surface area contributed by atoms with E-state index in [1.165, 1.54) is 20.2 Å². The van der Waals surface area contributed by atoms with Crippen LogP contribution in [0.15, 0.2) is 21.7 Å². The smallest absolute Gasteiger partial charge is 0.266 e. The second-order valence-corrected chi connectivity index (χ2v) is 20.5. The van der Waals surface area contributed by atoms with Gasteiger partial charge in [0.2, 0.25) is 15.9 Å². The largest absolute Gasteiger partial charge is 0.393 e. The van der Waals surface area contributed by atoms with Crippen molar-refractivity contribution in [2.45, 2.75) is 108 Å². The molecule has 0 aliphatic heterocycles. The molecule has 0 radical (unpaired) electrons. The zero-order valence-corrected chi connectivity index (χ0v) is 32.2. The van der Waals surface area contributed by atoms with Crippen LogP contribution in [-0.2, 0) is 24.9 Å². The average molecular weight is 770 g/mol. The van der Waals surface area contributed by atoms with E-state index in [-0.39, 0.29) is 75.9 Å². The first-order chi connectivity index (χ1) is 24.3. The zero-order valence-electron chi connectivity index (χ0n) is 30.6. The summed E-state index contributed by atoms with van der Waals surface area (Å²) in [5.41, 5.74) is 0.0760. The van der Waals surface area contributed by atoms with Gasteiger partial charge in [-0.25, -0.2) is 17.4 Å². The lowest BCUT2D eigenvalue weighted by Crippen LogP contribution is -2.62. The molecule has 4 fully saturated rings. The standard InChI is InChI=1S/C35H55N5O10S2/c1-19(23-6-7-24-31-25(18-29(43)35(23,24)3)34(2)11-10-22(41)15-20(34)16-27(31)42)14-21(17-30(44)36-12-13-51(45,46)47)37-26-8-9-28(52(48,49)40(4)5)33-32(26)38-50-39-33/h8-9,19-25,27,29,31,37,41-43H,6-7,10-18H2,1-5H3,(H,36,44)(H,45,46,47)/t19?,20?,21-,22+,23?,24?,25?,27+,29-,31?,34?,35?/m0/s1. The molecule has 1 aromatic carbocycles. The molecule has 6 N–H and O–H groups in total. The van der Waals surface area contributed by atoms with Crippen molar-refractivity contribution in [2.75, 3.05) is 31.7 Å². The molecule has 1 amide bonds. The molecule has 4 aliphatic carbocycles. The predicted octanol–water partition coefficient (Wildman–Crippen LogP) is 2.64. The second-order valence-electron chi connectivity index (χ2n) is 16.8. The van der Waals surface area contributed by atoms with E-state index in [9.17, 15) is 36.9 Å². The number of anilines is 1. The van der Waals surface area contributed by atoms with E-state index in [1.54, 1.807) is 6.07 Å². The summed E-state index contributed by atoms with van der Waals surface area (Å²) in [5, 5.41) is 48.0. The summed E-state index contributed by atoms with van der Waals surface area (Å²) in [6.45, 7) is 6.31. The van der Waals surface area contributed by atoms with Crippen LogP contribution in [-0.4, -0.2) is 108 Å². The monoisotopic (exact) mass is 769 g/mol. The number of nitrogens with zero attached hydrogens (tertiary/aromatic N) is 3. The Morgan fingerprint density at radius 3 is 2.42 bits per heavy atom. The van der Waals surface area contributed by atoms with Crippen molar-refractivity contribution in [3.05, 3.63) is 12.1 Å². The van der Waals surface area contributed by atoms with Crippen LogP contribution in [0.3, 0.4) is 0 Å². The molecule has 8 unspecified atom stereocenters. The van der Waals surface area contributed by atoms with Crippen LogP contribution < -0.4 is 10.6 Å². The number of carbonyl (C=O) groups excluding carboxylic acids is 1. The maximum atomic E-state index is 13.2. The maximum Gasteiger partial charge on any atom is 0.266 e. The Hall–Kier alpha value is -2.41. The first-order valence-electron chi connectivity index (χ1n) is 18.5. The molecule has 17 heteroatoms. The van der Waals surface area contributed by atoms with E-state index in [1.807, 2.05) is 0 Å². The summed E-state index contributed by atoms with van der Waals surface area (Å²) < 4.78 is 63.7. The summed E-state index contributed by atoms with van der Waals surface area (Å²) in [6, 6.07) is 2.42. The predicted molar refractivity (Wildman–Crippen MR) is 192 cm³/mol. The first kappa shape index (κ1) is 39.3. The van der Waals surface area contributed by atoms with Gasteiger partial charge in [-0.2, -0.15) is 8.42 Å². The van der Waals surface area contributed by atoms with E-state index >= 15 is 0 Å². The van der Waals surface area contributed by atoms with Gasteiger partial charge in [-0.15, -0.1) is 0 Å². The van der Waals surface area contributed by atoms with E-state index in [4.69, 9.17) is 9.18 Å². The topological polar surface area (TPSA) is 232 Å². The fourth-order valence-electron chi connectivity index (χ4n) is 11.1. The van der Waals surface area contributed by atoms with Crippen molar-refractivity contribution in [1.82, 2.24) is 19.9 Å². The highest BCUT2D eigenvalue weighted by atomic mass is 32.2. The summed E-state index contributed by atoms with van der Waals surface area (Å²) in [6.07, 6.45) is 4.24. The maximum absolute atomic E-state index is 13.2. The van der Waals surface area contributed by atoms with Crippen molar-refractivity contribution in [2.24, 2.45) is 46.3 Å². The fraction of sp³-hybridized carbons (Fsp3) is 0.800. The number of fused-ring (bicyclic) bond motifs is 6. The number of aliphatic hydroxyl groups excluding tert-OH is 3. The van der Waals surface area contributed by atoms with Crippen molar-refractivity contribution in [3.8, 4) is 0 Å². The number of hydrogen-bond donors (Lipinski definition) is 6. The van der Waals surface area contributed by atoms with E-state index < -0.39 is 55.5 Å². The van der Waals surface area contributed by atoms with Gasteiger partial charge in [-0.3, -0.25) is 9.35 Å². The van der Waals surface area contributed by atoms with Gasteiger partial charge in [-0.05, 0) is 120 Å². The van der Waals surface area contributed by atoms with Gasteiger partial charge in [-0.1, -0.05) is 20.8 Å². The number of benzene rings is 1. The van der Waals surface area contributed by atoms with Crippen molar-refractivity contribution in [3.63, 3.8) is 0 Å². The average Bonchev–Trinajstić information content (AvgIpc) is 3.68. The minimum Gasteiger partial charge on any atom is -0.393 e. The molecular formula is C35H55N5O10S2. The van der Waals surface area contributed by atoms with Gasteiger partial charge in [0, 0.05) is 33.1 Å². The summed E-state index contributed by atoms with van der Waals surface area (Å²) in [5.74, 6) is -0.492. The number of rotatable bonds is 12. The van der Waals surface area contributed by atoms with Gasteiger partial charge < -0.3 is 26.0 Å². The van der Waals surface area contributed by atoms with E-state index in [0.717, 1.165) is 30.0 Å². The number of nitrogens with one attached hydrogen (secondary N) is 2. The molecule has 0 bridgehead atoms. The molecular weight excluding hydrogens is 715 g/mol. The molecule has 2 aromatic rings. The molecule has 4 aliphatic rings. The Balaban J connectivity index is 1.25. The van der Waals surface area contributed by atoms with Crippen LogP contribution >= 0.6 is 0 Å². The van der Waals surface area contributed by atoms with Gasteiger partial charge in [0.25, 0.3) is 10.1 Å².